The Bertz CT molecular complexity index is 863. The van der Waals surface area contributed by atoms with Crippen molar-refractivity contribution in [3.63, 3.8) is 0 Å². The first-order chi connectivity index (χ1) is 10.6. The van der Waals surface area contributed by atoms with E-state index in [4.69, 9.17) is 10.2 Å². The molecule has 2 heterocycles. The zero-order valence-corrected chi connectivity index (χ0v) is 12.2. The number of nitrogens with one attached hydrogen (secondary N) is 1. The second-order valence-electron chi connectivity index (χ2n) is 4.50. The standard InChI is InChI=1S/C16H12N2O3S/c17-16(20)15-14(11-5-1-2-6-12(11)21-15)18-13(19)8-7-10-4-3-9-22-10/h1-9H,(H2,17,20)(H,18,19). The molecule has 0 atom stereocenters. The molecule has 0 bridgehead atoms. The summed E-state index contributed by atoms with van der Waals surface area (Å²) in [7, 11) is 0. The molecule has 0 saturated heterocycles. The van der Waals surface area contributed by atoms with Gasteiger partial charge in [-0.1, -0.05) is 18.2 Å². The third-order valence-corrected chi connectivity index (χ3v) is 3.85. The van der Waals surface area contributed by atoms with Gasteiger partial charge in [-0.25, -0.2) is 0 Å². The Morgan fingerprint density at radius 1 is 1.18 bits per heavy atom. The van der Waals surface area contributed by atoms with E-state index in [0.717, 1.165) is 4.88 Å². The van der Waals surface area contributed by atoms with E-state index >= 15 is 0 Å². The second-order valence-corrected chi connectivity index (χ2v) is 5.48. The Hall–Kier alpha value is -2.86. The van der Waals surface area contributed by atoms with Gasteiger partial charge in [-0.05, 0) is 29.7 Å². The molecule has 110 valence electrons. The highest BCUT2D eigenvalue weighted by Gasteiger charge is 2.19. The summed E-state index contributed by atoms with van der Waals surface area (Å²) in [5.41, 5.74) is 6.09. The lowest BCUT2D eigenvalue weighted by molar-refractivity contribution is -0.111. The van der Waals surface area contributed by atoms with Crippen molar-refractivity contribution in [2.45, 2.75) is 0 Å². The summed E-state index contributed by atoms with van der Waals surface area (Å²) in [6, 6.07) is 10.8. The normalized spacial score (nSPS) is 11.1. The quantitative estimate of drug-likeness (QED) is 0.725. The number of anilines is 1. The predicted molar refractivity (Wildman–Crippen MR) is 86.7 cm³/mol. The van der Waals surface area contributed by atoms with Gasteiger partial charge in [-0.2, -0.15) is 0 Å². The van der Waals surface area contributed by atoms with Gasteiger partial charge in [0, 0.05) is 16.3 Å². The van der Waals surface area contributed by atoms with Crippen molar-refractivity contribution in [2.24, 2.45) is 5.73 Å². The van der Waals surface area contributed by atoms with Crippen LogP contribution in [0.3, 0.4) is 0 Å². The Morgan fingerprint density at radius 2 is 2.00 bits per heavy atom. The maximum absolute atomic E-state index is 12.0. The minimum Gasteiger partial charge on any atom is -0.449 e. The van der Waals surface area contributed by atoms with Crippen molar-refractivity contribution in [1.29, 1.82) is 0 Å². The molecule has 5 nitrogen and oxygen atoms in total. The first-order valence-electron chi connectivity index (χ1n) is 6.49. The van der Waals surface area contributed by atoms with E-state index in [9.17, 15) is 9.59 Å². The molecular weight excluding hydrogens is 300 g/mol. The van der Waals surface area contributed by atoms with Gasteiger partial charge < -0.3 is 15.5 Å². The van der Waals surface area contributed by atoms with Crippen LogP contribution in [0, 0.1) is 0 Å². The fourth-order valence-electron chi connectivity index (χ4n) is 2.05. The number of carbonyl (C=O) groups is 2. The molecule has 3 aromatic rings. The fraction of sp³-hybridized carbons (Fsp3) is 0. The lowest BCUT2D eigenvalue weighted by Gasteiger charge is -2.01. The molecule has 3 N–H and O–H groups in total. The smallest absolute Gasteiger partial charge is 0.286 e. The number of primary amides is 1. The van der Waals surface area contributed by atoms with Crippen LogP contribution in [-0.4, -0.2) is 11.8 Å². The highest BCUT2D eigenvalue weighted by atomic mass is 32.1. The van der Waals surface area contributed by atoms with Crippen LogP contribution in [0.4, 0.5) is 5.69 Å². The van der Waals surface area contributed by atoms with Crippen molar-refractivity contribution in [1.82, 2.24) is 0 Å². The van der Waals surface area contributed by atoms with E-state index in [0.29, 0.717) is 16.7 Å². The predicted octanol–water partition coefficient (Wildman–Crippen LogP) is 3.25. The van der Waals surface area contributed by atoms with Gasteiger partial charge in [-0.3, -0.25) is 9.59 Å². The van der Waals surface area contributed by atoms with E-state index in [2.05, 4.69) is 5.32 Å². The number of furan rings is 1. The molecule has 0 aliphatic rings. The topological polar surface area (TPSA) is 85.3 Å². The van der Waals surface area contributed by atoms with Crippen LogP contribution in [0.1, 0.15) is 15.4 Å². The number of para-hydroxylation sites is 1. The maximum Gasteiger partial charge on any atom is 0.286 e. The first kappa shape index (κ1) is 14.1. The highest BCUT2D eigenvalue weighted by molar-refractivity contribution is 7.10. The number of benzene rings is 1. The molecule has 2 aromatic heterocycles. The van der Waals surface area contributed by atoms with Gasteiger partial charge in [0.05, 0.1) is 0 Å². The molecule has 3 rings (SSSR count). The van der Waals surface area contributed by atoms with Crippen LogP contribution in [-0.2, 0) is 4.79 Å². The zero-order valence-electron chi connectivity index (χ0n) is 11.4. The van der Waals surface area contributed by atoms with E-state index in [-0.39, 0.29) is 11.7 Å². The Labute approximate surface area is 130 Å². The van der Waals surface area contributed by atoms with Crippen LogP contribution in [0.5, 0.6) is 0 Å². The maximum atomic E-state index is 12.0. The monoisotopic (exact) mass is 312 g/mol. The molecule has 0 saturated carbocycles. The number of amides is 2. The van der Waals surface area contributed by atoms with Crippen molar-refractivity contribution in [3.8, 4) is 0 Å². The summed E-state index contributed by atoms with van der Waals surface area (Å²) >= 11 is 1.52. The molecule has 0 fully saturated rings. The third-order valence-electron chi connectivity index (χ3n) is 3.01. The van der Waals surface area contributed by atoms with Gasteiger partial charge in [0.25, 0.3) is 5.91 Å². The molecule has 0 aliphatic carbocycles. The van der Waals surface area contributed by atoms with Crippen LogP contribution in [0.25, 0.3) is 17.0 Å². The summed E-state index contributed by atoms with van der Waals surface area (Å²) < 4.78 is 5.40. The Kier molecular flexibility index (Phi) is 3.76. The molecule has 0 radical (unpaired) electrons. The average molecular weight is 312 g/mol. The van der Waals surface area contributed by atoms with Gasteiger partial charge in [-0.15, -0.1) is 11.3 Å². The number of carbonyl (C=O) groups excluding carboxylic acids is 2. The highest BCUT2D eigenvalue weighted by Crippen LogP contribution is 2.30. The number of hydrogen-bond acceptors (Lipinski definition) is 4. The van der Waals surface area contributed by atoms with Crippen LogP contribution >= 0.6 is 11.3 Å². The summed E-state index contributed by atoms with van der Waals surface area (Å²) in [5.74, 6) is -1.14. The van der Waals surface area contributed by atoms with Crippen molar-refractivity contribution in [2.75, 3.05) is 5.32 Å². The zero-order chi connectivity index (χ0) is 15.5. The molecule has 22 heavy (non-hydrogen) atoms. The van der Waals surface area contributed by atoms with E-state index in [1.165, 1.54) is 17.4 Å². The largest absolute Gasteiger partial charge is 0.449 e. The minimum atomic E-state index is -0.728. The molecule has 0 unspecified atom stereocenters. The van der Waals surface area contributed by atoms with Crippen LogP contribution < -0.4 is 11.1 Å². The summed E-state index contributed by atoms with van der Waals surface area (Å²) in [5, 5.41) is 5.22. The van der Waals surface area contributed by atoms with E-state index in [1.807, 2.05) is 17.5 Å². The fourth-order valence-corrected chi connectivity index (χ4v) is 2.67. The van der Waals surface area contributed by atoms with Gasteiger partial charge in [0.1, 0.15) is 11.3 Å². The lowest BCUT2D eigenvalue weighted by Crippen LogP contribution is -2.15. The second kappa shape index (κ2) is 5.87. The molecule has 2 amide bonds. The number of rotatable bonds is 4. The molecule has 6 heteroatoms. The van der Waals surface area contributed by atoms with Crippen molar-refractivity contribution < 1.29 is 14.0 Å². The number of nitrogens with two attached hydrogens (primary N) is 1. The third kappa shape index (κ3) is 2.77. The minimum absolute atomic E-state index is 0.0564. The summed E-state index contributed by atoms with van der Waals surface area (Å²) in [4.78, 5) is 24.5. The van der Waals surface area contributed by atoms with Gasteiger partial charge in [0.15, 0.2) is 0 Å². The summed E-state index contributed by atoms with van der Waals surface area (Å²) in [6.45, 7) is 0. The molecular formula is C16H12N2O3S. The van der Waals surface area contributed by atoms with Crippen LogP contribution in [0.15, 0.2) is 52.3 Å². The molecule has 0 spiro atoms. The SMILES string of the molecule is NC(=O)c1oc2ccccc2c1NC(=O)C=Cc1cccs1. The molecule has 0 aliphatic heterocycles. The average Bonchev–Trinajstić information content (AvgIpc) is 3.13. The number of thiophene rings is 1. The molecule has 1 aromatic carbocycles. The lowest BCUT2D eigenvalue weighted by atomic mass is 10.2. The number of fused-ring (bicyclic) bond motifs is 1. The van der Waals surface area contributed by atoms with E-state index in [1.54, 1.807) is 30.3 Å². The summed E-state index contributed by atoms with van der Waals surface area (Å²) in [6.07, 6.45) is 3.10. The van der Waals surface area contributed by atoms with Crippen LogP contribution in [0.2, 0.25) is 0 Å². The van der Waals surface area contributed by atoms with Crippen molar-refractivity contribution >= 4 is 45.9 Å². The van der Waals surface area contributed by atoms with Gasteiger partial charge >= 0.3 is 0 Å². The van der Waals surface area contributed by atoms with Crippen molar-refractivity contribution in [3.05, 3.63) is 58.5 Å². The Balaban J connectivity index is 1.91. The number of hydrogen-bond donors (Lipinski definition) is 2. The van der Waals surface area contributed by atoms with Gasteiger partial charge in [0.2, 0.25) is 11.7 Å². The first-order valence-corrected chi connectivity index (χ1v) is 7.37. The Morgan fingerprint density at radius 3 is 2.73 bits per heavy atom. The van der Waals surface area contributed by atoms with E-state index < -0.39 is 5.91 Å².